The first-order valence-electron chi connectivity index (χ1n) is 7.84. The Morgan fingerprint density at radius 1 is 1.16 bits per heavy atom. The smallest absolute Gasteiger partial charge is 0.351 e. The Hall–Kier alpha value is -1.39. The van der Waals surface area contributed by atoms with Crippen molar-refractivity contribution in [1.29, 1.82) is 0 Å². The lowest BCUT2D eigenvalue weighted by Crippen LogP contribution is -2.32. The van der Waals surface area contributed by atoms with E-state index in [2.05, 4.69) is 9.68 Å². The Morgan fingerprint density at radius 2 is 1.80 bits per heavy atom. The summed E-state index contributed by atoms with van der Waals surface area (Å²) in [7, 11) is -3.66. The maximum Gasteiger partial charge on any atom is 0.452 e. The summed E-state index contributed by atoms with van der Waals surface area (Å²) in [4.78, 5) is 0.993. The molecule has 0 amide bonds. The highest BCUT2D eigenvalue weighted by Crippen LogP contribution is 2.37. The normalized spacial score (nSPS) is 17.6. The van der Waals surface area contributed by atoms with E-state index in [-0.39, 0.29) is 10.6 Å². The van der Waals surface area contributed by atoms with Crippen molar-refractivity contribution < 1.29 is 26.1 Å². The van der Waals surface area contributed by atoms with Gasteiger partial charge in [-0.1, -0.05) is 18.0 Å². The predicted octanol–water partition coefficient (Wildman–Crippen LogP) is 4.30. The molecule has 0 spiro atoms. The van der Waals surface area contributed by atoms with Crippen molar-refractivity contribution in [2.75, 3.05) is 13.1 Å². The van der Waals surface area contributed by atoms with Crippen molar-refractivity contribution in [2.45, 2.75) is 43.7 Å². The van der Waals surface area contributed by atoms with Crippen molar-refractivity contribution in [3.05, 3.63) is 22.8 Å². The van der Waals surface area contributed by atoms with Crippen LogP contribution in [0.1, 0.15) is 36.3 Å². The van der Waals surface area contributed by atoms with Crippen LogP contribution in [0.5, 0.6) is 0 Å². The number of hydrogen-bond donors (Lipinski definition) is 0. The van der Waals surface area contributed by atoms with Gasteiger partial charge in [0.05, 0.1) is 9.77 Å². The number of rotatable bonds is 3. The van der Waals surface area contributed by atoms with Gasteiger partial charge in [-0.2, -0.15) is 17.5 Å². The SMILES string of the molecule is Cc1sc(-c2cc(C(F)(F)F)on2)cc1S(=O)(=O)N1CCCCCC1. The van der Waals surface area contributed by atoms with E-state index in [1.54, 1.807) is 6.92 Å². The molecule has 3 heterocycles. The summed E-state index contributed by atoms with van der Waals surface area (Å²) in [5, 5.41) is 3.42. The first-order chi connectivity index (χ1) is 11.7. The van der Waals surface area contributed by atoms with Crippen LogP contribution in [0, 0.1) is 6.92 Å². The Kier molecular flexibility index (Phi) is 4.95. The molecule has 138 valence electrons. The second-order valence-corrected chi connectivity index (χ2v) is 9.09. The standard InChI is InChI=1S/C15H17F3N2O3S2/c1-10-13(25(21,22)20-6-4-2-3-5-7-20)9-12(24-10)11-8-14(23-19-11)15(16,17)18/h8-9H,2-7H2,1H3. The quantitative estimate of drug-likeness (QED) is 0.779. The highest BCUT2D eigenvalue weighted by atomic mass is 32.2. The molecule has 1 saturated heterocycles. The molecule has 3 rings (SSSR count). The van der Waals surface area contributed by atoms with Gasteiger partial charge in [0.1, 0.15) is 5.69 Å². The first-order valence-corrected chi connectivity index (χ1v) is 10.1. The molecular weight excluding hydrogens is 377 g/mol. The van der Waals surface area contributed by atoms with Crippen LogP contribution in [-0.2, 0) is 16.2 Å². The van der Waals surface area contributed by atoms with E-state index in [1.807, 2.05) is 0 Å². The minimum Gasteiger partial charge on any atom is -0.351 e. The van der Waals surface area contributed by atoms with Gasteiger partial charge in [0.25, 0.3) is 0 Å². The Morgan fingerprint density at radius 3 is 2.36 bits per heavy atom. The Bertz CT molecular complexity index is 848. The van der Waals surface area contributed by atoms with Crippen LogP contribution in [0.3, 0.4) is 0 Å². The number of alkyl halides is 3. The van der Waals surface area contributed by atoms with Crippen LogP contribution in [0.15, 0.2) is 21.6 Å². The van der Waals surface area contributed by atoms with Gasteiger partial charge in [0.15, 0.2) is 0 Å². The summed E-state index contributed by atoms with van der Waals surface area (Å²) < 4.78 is 69.5. The summed E-state index contributed by atoms with van der Waals surface area (Å²) >= 11 is 1.09. The molecule has 0 aliphatic carbocycles. The molecule has 0 saturated carbocycles. The second-order valence-electron chi connectivity index (χ2n) is 5.92. The molecule has 1 aliphatic rings. The summed E-state index contributed by atoms with van der Waals surface area (Å²) in [6.45, 7) is 2.58. The predicted molar refractivity (Wildman–Crippen MR) is 86.8 cm³/mol. The van der Waals surface area contributed by atoms with Gasteiger partial charge < -0.3 is 4.52 Å². The van der Waals surface area contributed by atoms with E-state index in [4.69, 9.17) is 0 Å². The topological polar surface area (TPSA) is 63.4 Å². The van der Waals surface area contributed by atoms with Gasteiger partial charge >= 0.3 is 6.18 Å². The monoisotopic (exact) mass is 394 g/mol. The van der Waals surface area contributed by atoms with Gasteiger partial charge in [0.2, 0.25) is 15.8 Å². The van der Waals surface area contributed by atoms with Crippen molar-refractivity contribution >= 4 is 21.4 Å². The average Bonchev–Trinajstić information content (AvgIpc) is 3.06. The van der Waals surface area contributed by atoms with Crippen LogP contribution in [0.25, 0.3) is 10.6 Å². The van der Waals surface area contributed by atoms with Crippen molar-refractivity contribution in [3.63, 3.8) is 0 Å². The van der Waals surface area contributed by atoms with E-state index in [1.165, 1.54) is 10.4 Å². The molecule has 5 nitrogen and oxygen atoms in total. The third-order valence-corrected chi connectivity index (χ3v) is 7.32. The lowest BCUT2D eigenvalue weighted by Gasteiger charge is -2.19. The minimum absolute atomic E-state index is 0.0160. The molecule has 1 aliphatic heterocycles. The number of hydrogen-bond acceptors (Lipinski definition) is 5. The maximum absolute atomic E-state index is 12.9. The molecule has 0 bridgehead atoms. The molecule has 0 unspecified atom stereocenters. The largest absolute Gasteiger partial charge is 0.452 e. The molecule has 25 heavy (non-hydrogen) atoms. The highest BCUT2D eigenvalue weighted by Gasteiger charge is 2.36. The van der Waals surface area contributed by atoms with Gasteiger partial charge in [-0.3, -0.25) is 0 Å². The zero-order valence-electron chi connectivity index (χ0n) is 13.5. The second kappa shape index (κ2) is 6.73. The van der Waals surface area contributed by atoms with Crippen LogP contribution in [-0.4, -0.2) is 31.0 Å². The molecule has 2 aromatic rings. The zero-order chi connectivity index (χ0) is 18.2. The number of aromatic nitrogens is 1. The molecule has 1 fully saturated rings. The fourth-order valence-electron chi connectivity index (χ4n) is 2.79. The lowest BCUT2D eigenvalue weighted by molar-refractivity contribution is -0.155. The molecule has 0 aromatic carbocycles. The number of sulfonamides is 1. The van der Waals surface area contributed by atoms with Crippen LogP contribution in [0.2, 0.25) is 0 Å². The Balaban J connectivity index is 1.93. The van der Waals surface area contributed by atoms with Crippen LogP contribution < -0.4 is 0 Å². The summed E-state index contributed by atoms with van der Waals surface area (Å²) in [6, 6.07) is 2.17. The summed E-state index contributed by atoms with van der Waals surface area (Å²) in [5.41, 5.74) is -0.0160. The number of thiophene rings is 1. The fraction of sp³-hybridized carbons (Fsp3) is 0.533. The summed E-state index contributed by atoms with van der Waals surface area (Å²) in [5.74, 6) is -1.20. The zero-order valence-corrected chi connectivity index (χ0v) is 15.1. The lowest BCUT2D eigenvalue weighted by atomic mass is 10.2. The average molecular weight is 394 g/mol. The molecule has 2 aromatic heterocycles. The van der Waals surface area contributed by atoms with E-state index in [9.17, 15) is 21.6 Å². The third-order valence-electron chi connectivity index (χ3n) is 4.10. The van der Waals surface area contributed by atoms with Gasteiger partial charge in [-0.05, 0) is 25.8 Å². The Labute approximate surface area is 147 Å². The van der Waals surface area contributed by atoms with Crippen molar-refractivity contribution in [2.24, 2.45) is 0 Å². The van der Waals surface area contributed by atoms with Crippen LogP contribution >= 0.6 is 11.3 Å². The molecule has 10 heteroatoms. The fourth-order valence-corrected chi connectivity index (χ4v) is 5.82. The van der Waals surface area contributed by atoms with E-state index < -0.39 is 22.0 Å². The molecule has 0 N–H and O–H groups in total. The van der Waals surface area contributed by atoms with Crippen molar-refractivity contribution in [3.8, 4) is 10.6 Å². The maximum atomic E-state index is 12.9. The van der Waals surface area contributed by atoms with Crippen LogP contribution in [0.4, 0.5) is 13.2 Å². The number of aryl methyl sites for hydroxylation is 1. The number of nitrogens with zero attached hydrogens (tertiary/aromatic N) is 2. The van der Waals surface area contributed by atoms with Gasteiger partial charge in [-0.25, -0.2) is 8.42 Å². The number of halogens is 3. The molecule has 0 atom stereocenters. The van der Waals surface area contributed by atoms with E-state index in [0.29, 0.717) is 22.8 Å². The van der Waals surface area contributed by atoms with Gasteiger partial charge in [-0.15, -0.1) is 11.3 Å². The third kappa shape index (κ3) is 3.75. The summed E-state index contributed by atoms with van der Waals surface area (Å²) in [6.07, 6.45) is -1.00. The minimum atomic E-state index is -4.63. The van der Waals surface area contributed by atoms with Gasteiger partial charge in [0, 0.05) is 24.0 Å². The van der Waals surface area contributed by atoms with E-state index in [0.717, 1.165) is 43.1 Å². The first kappa shape index (κ1) is 18.4. The van der Waals surface area contributed by atoms with Crippen molar-refractivity contribution in [1.82, 2.24) is 9.46 Å². The highest BCUT2D eigenvalue weighted by molar-refractivity contribution is 7.89. The molecular formula is C15H17F3N2O3S2. The molecule has 0 radical (unpaired) electrons. The van der Waals surface area contributed by atoms with E-state index >= 15 is 0 Å².